The van der Waals surface area contributed by atoms with Crippen molar-refractivity contribution in [2.24, 2.45) is 0 Å². The highest BCUT2D eigenvalue weighted by Crippen LogP contribution is 2.33. The molecule has 26 heavy (non-hydrogen) atoms. The Hall–Kier alpha value is -2.33. The van der Waals surface area contributed by atoms with Crippen LogP contribution in [0.4, 0.5) is 0 Å². The van der Waals surface area contributed by atoms with Crippen molar-refractivity contribution < 1.29 is 13.2 Å². The number of fused-ring (bicyclic) bond motifs is 1. The number of aryl methyl sites for hydroxylation is 1. The summed E-state index contributed by atoms with van der Waals surface area (Å²) in [5.41, 5.74) is 0.948. The van der Waals surface area contributed by atoms with Crippen molar-refractivity contribution in [3.8, 4) is 6.07 Å². The molecule has 0 fully saturated rings. The van der Waals surface area contributed by atoms with Crippen molar-refractivity contribution in [3.05, 3.63) is 63.8 Å². The number of carbonyl (C=O) groups excluding carboxylic acids is 1. The first kappa shape index (κ1) is 18.5. The van der Waals surface area contributed by atoms with Crippen LogP contribution >= 0.6 is 23.2 Å². The van der Waals surface area contributed by atoms with E-state index in [1.807, 2.05) is 6.92 Å². The average molecular weight is 407 g/mol. The summed E-state index contributed by atoms with van der Waals surface area (Å²) in [6, 6.07) is 12.3. The summed E-state index contributed by atoms with van der Waals surface area (Å²) in [7, 11) is -4.10. The minimum Gasteiger partial charge on any atom is -0.291 e. The zero-order chi connectivity index (χ0) is 19.1. The number of halogens is 2. The van der Waals surface area contributed by atoms with Gasteiger partial charge in [0.05, 0.1) is 21.5 Å². The highest BCUT2D eigenvalue weighted by molar-refractivity contribution is 7.90. The molecule has 1 aromatic heterocycles. The van der Waals surface area contributed by atoms with E-state index in [2.05, 4.69) is 0 Å². The number of benzene rings is 2. The van der Waals surface area contributed by atoms with Crippen LogP contribution in [0.5, 0.6) is 0 Å². The maximum absolute atomic E-state index is 13.2. The van der Waals surface area contributed by atoms with E-state index in [-0.39, 0.29) is 26.2 Å². The molecule has 1 heterocycles. The highest BCUT2D eigenvalue weighted by Gasteiger charge is 2.27. The van der Waals surface area contributed by atoms with Gasteiger partial charge in [-0.25, -0.2) is 12.4 Å². The second-order valence-electron chi connectivity index (χ2n) is 5.69. The van der Waals surface area contributed by atoms with Gasteiger partial charge < -0.3 is 0 Å². The van der Waals surface area contributed by atoms with E-state index in [9.17, 15) is 13.2 Å². The zero-order valence-electron chi connectivity index (χ0n) is 13.5. The maximum Gasteiger partial charge on any atom is 0.268 e. The van der Waals surface area contributed by atoms with Crippen LogP contribution in [0.25, 0.3) is 10.9 Å². The summed E-state index contributed by atoms with van der Waals surface area (Å²) in [6.07, 6.45) is -0.453. The zero-order valence-corrected chi connectivity index (χ0v) is 15.9. The van der Waals surface area contributed by atoms with Crippen LogP contribution in [-0.2, 0) is 10.0 Å². The maximum atomic E-state index is 13.2. The Labute approximate surface area is 160 Å². The molecule has 132 valence electrons. The summed E-state index contributed by atoms with van der Waals surface area (Å²) in [4.78, 5) is 12.4. The number of nitriles is 1. The Kier molecular flexibility index (Phi) is 4.80. The number of Topliss-reactive ketones (excluding diaryl/α,β-unsaturated/α-hetero) is 1. The van der Waals surface area contributed by atoms with Crippen LogP contribution < -0.4 is 0 Å². The normalized spacial score (nSPS) is 11.5. The van der Waals surface area contributed by atoms with Crippen LogP contribution in [0.3, 0.4) is 0 Å². The minimum absolute atomic E-state index is 0.0164. The fourth-order valence-electron chi connectivity index (χ4n) is 2.64. The van der Waals surface area contributed by atoms with E-state index in [0.717, 1.165) is 9.54 Å². The third kappa shape index (κ3) is 3.10. The Morgan fingerprint density at radius 1 is 1.15 bits per heavy atom. The lowest BCUT2D eigenvalue weighted by molar-refractivity contribution is 0.0992. The van der Waals surface area contributed by atoms with E-state index < -0.39 is 22.2 Å². The van der Waals surface area contributed by atoms with E-state index in [0.29, 0.717) is 5.39 Å². The molecule has 0 spiro atoms. The predicted molar refractivity (Wildman–Crippen MR) is 100 cm³/mol. The van der Waals surface area contributed by atoms with E-state index in [1.54, 1.807) is 18.2 Å². The molecule has 0 bridgehead atoms. The number of rotatable bonds is 4. The second kappa shape index (κ2) is 6.76. The number of carbonyl (C=O) groups is 1. The molecule has 0 radical (unpaired) electrons. The van der Waals surface area contributed by atoms with E-state index >= 15 is 0 Å². The van der Waals surface area contributed by atoms with E-state index in [1.165, 1.54) is 30.3 Å². The third-order valence-corrected chi connectivity index (χ3v) is 6.15. The Morgan fingerprint density at radius 2 is 1.81 bits per heavy atom. The lowest BCUT2D eigenvalue weighted by Gasteiger charge is -2.11. The largest absolute Gasteiger partial charge is 0.291 e. The molecule has 0 saturated carbocycles. The summed E-state index contributed by atoms with van der Waals surface area (Å²) < 4.78 is 27.3. The summed E-state index contributed by atoms with van der Waals surface area (Å²) in [5, 5.41) is 9.66. The van der Waals surface area contributed by atoms with Gasteiger partial charge in [0, 0.05) is 10.4 Å². The molecule has 5 nitrogen and oxygen atoms in total. The van der Waals surface area contributed by atoms with Crippen molar-refractivity contribution in [1.29, 1.82) is 5.26 Å². The fourth-order valence-corrected chi connectivity index (χ4v) is 4.69. The van der Waals surface area contributed by atoms with Gasteiger partial charge in [-0.05, 0) is 37.3 Å². The van der Waals surface area contributed by atoms with Crippen molar-refractivity contribution >= 4 is 49.9 Å². The Morgan fingerprint density at radius 3 is 2.42 bits per heavy atom. The summed E-state index contributed by atoms with van der Waals surface area (Å²) >= 11 is 12.2. The average Bonchev–Trinajstić information content (AvgIpc) is 2.96. The first-order valence-corrected chi connectivity index (χ1v) is 9.68. The molecule has 0 atom stereocenters. The van der Waals surface area contributed by atoms with Gasteiger partial charge >= 0.3 is 0 Å². The monoisotopic (exact) mass is 406 g/mol. The lowest BCUT2D eigenvalue weighted by Crippen LogP contribution is -2.18. The predicted octanol–water partition coefficient (Wildman–Crippen LogP) is 4.59. The van der Waals surface area contributed by atoms with Gasteiger partial charge in [0.25, 0.3) is 10.0 Å². The Bertz CT molecular complexity index is 1170. The first-order chi connectivity index (χ1) is 12.3. The standard InChI is InChI=1S/C18H12Cl2N2O3S/c1-11-2-4-13(5-3-11)26(24,25)22-16-9-12(19)8-15(20)14(16)10-17(22)18(23)6-7-21/h2-5,8-10H,6H2,1H3. The van der Waals surface area contributed by atoms with Gasteiger partial charge in [0.1, 0.15) is 12.1 Å². The molecule has 8 heteroatoms. The molecule has 3 rings (SSSR count). The SMILES string of the molecule is Cc1ccc(S(=O)(=O)n2c(C(=O)CC#N)cc3c(Cl)cc(Cl)cc32)cc1. The van der Waals surface area contributed by atoms with Crippen LogP contribution in [0.2, 0.25) is 10.0 Å². The van der Waals surface area contributed by atoms with Gasteiger partial charge in [-0.1, -0.05) is 40.9 Å². The van der Waals surface area contributed by atoms with Crippen molar-refractivity contribution in [3.63, 3.8) is 0 Å². The second-order valence-corrected chi connectivity index (χ2v) is 8.32. The molecule has 0 unspecified atom stereocenters. The molecule has 3 aromatic rings. The minimum atomic E-state index is -4.10. The van der Waals surface area contributed by atoms with Gasteiger partial charge in [-0.2, -0.15) is 5.26 Å². The highest BCUT2D eigenvalue weighted by atomic mass is 35.5. The van der Waals surface area contributed by atoms with Gasteiger partial charge in [-0.15, -0.1) is 0 Å². The Balaban J connectivity index is 2.39. The quantitative estimate of drug-likeness (QED) is 0.593. The van der Waals surface area contributed by atoms with Crippen molar-refractivity contribution in [2.75, 3.05) is 0 Å². The summed E-state index contributed by atoms with van der Waals surface area (Å²) in [5.74, 6) is -0.619. The molecule has 0 N–H and O–H groups in total. The van der Waals surface area contributed by atoms with Crippen LogP contribution in [-0.4, -0.2) is 18.2 Å². The first-order valence-electron chi connectivity index (χ1n) is 7.48. The summed E-state index contributed by atoms with van der Waals surface area (Å²) in [6.45, 7) is 1.84. The molecular formula is C18H12Cl2N2O3S. The topological polar surface area (TPSA) is 79.9 Å². The van der Waals surface area contributed by atoms with Gasteiger partial charge in [0.2, 0.25) is 0 Å². The van der Waals surface area contributed by atoms with Gasteiger partial charge in [-0.3, -0.25) is 4.79 Å². The molecular weight excluding hydrogens is 395 g/mol. The third-order valence-electron chi connectivity index (χ3n) is 3.88. The van der Waals surface area contributed by atoms with Crippen molar-refractivity contribution in [2.45, 2.75) is 18.2 Å². The molecule has 0 saturated heterocycles. The van der Waals surface area contributed by atoms with Crippen molar-refractivity contribution in [1.82, 2.24) is 3.97 Å². The molecule has 0 aliphatic carbocycles. The molecule has 0 aliphatic heterocycles. The number of aromatic nitrogens is 1. The fraction of sp³-hybridized carbons (Fsp3) is 0.111. The van der Waals surface area contributed by atoms with E-state index in [4.69, 9.17) is 28.5 Å². The van der Waals surface area contributed by atoms with Crippen LogP contribution in [0.15, 0.2) is 47.4 Å². The molecule has 0 amide bonds. The smallest absolute Gasteiger partial charge is 0.268 e. The molecule has 0 aliphatic rings. The van der Waals surface area contributed by atoms with Gasteiger partial charge in [0.15, 0.2) is 5.78 Å². The lowest BCUT2D eigenvalue weighted by atomic mass is 10.2. The number of nitrogens with zero attached hydrogens (tertiary/aromatic N) is 2. The number of hydrogen-bond acceptors (Lipinski definition) is 4. The van der Waals surface area contributed by atoms with Crippen LogP contribution in [0, 0.1) is 18.3 Å². The molecule has 2 aromatic carbocycles. The number of ketones is 1. The number of hydrogen-bond donors (Lipinski definition) is 0. The van der Waals surface area contributed by atoms with Crippen LogP contribution in [0.1, 0.15) is 22.5 Å².